The van der Waals surface area contributed by atoms with Gasteiger partial charge in [-0.1, -0.05) is 31.4 Å². The van der Waals surface area contributed by atoms with Crippen LogP contribution in [0.1, 0.15) is 37.7 Å². The molecule has 0 bridgehead atoms. The quantitative estimate of drug-likeness (QED) is 0.848. The first-order valence-electron chi connectivity index (χ1n) is 6.43. The van der Waals surface area contributed by atoms with Gasteiger partial charge < -0.3 is 5.32 Å². The van der Waals surface area contributed by atoms with E-state index in [1.54, 1.807) is 12.1 Å². The van der Waals surface area contributed by atoms with E-state index >= 15 is 0 Å². The average molecular weight is 239 g/mol. The Morgan fingerprint density at radius 3 is 2.65 bits per heavy atom. The molecule has 1 aromatic carbocycles. The third kappa shape index (κ3) is 3.50. The maximum atomic E-state index is 13.4. The second-order valence-corrected chi connectivity index (χ2v) is 4.75. The number of benzene rings is 1. The molecule has 0 unspecified atom stereocenters. The molecule has 0 aliphatic heterocycles. The van der Waals surface area contributed by atoms with Gasteiger partial charge in [0.15, 0.2) is 11.6 Å². The van der Waals surface area contributed by atoms with Crippen molar-refractivity contribution in [1.82, 2.24) is 5.32 Å². The molecular formula is C14H19F2N. The maximum Gasteiger partial charge on any atom is 0.162 e. The normalized spacial score (nSPS) is 17.3. The molecule has 1 fully saturated rings. The fraction of sp³-hybridized carbons (Fsp3) is 0.571. The first kappa shape index (κ1) is 12.5. The number of nitrogens with one attached hydrogen (secondary N) is 1. The van der Waals surface area contributed by atoms with Crippen LogP contribution in [0.5, 0.6) is 0 Å². The molecular weight excluding hydrogens is 220 g/mol. The number of halogens is 2. The summed E-state index contributed by atoms with van der Waals surface area (Å²) in [6.07, 6.45) is 6.88. The van der Waals surface area contributed by atoms with E-state index in [0.717, 1.165) is 12.6 Å². The van der Waals surface area contributed by atoms with Crippen LogP contribution in [0.15, 0.2) is 18.2 Å². The molecule has 1 aliphatic rings. The van der Waals surface area contributed by atoms with Gasteiger partial charge in [-0.2, -0.15) is 0 Å². The van der Waals surface area contributed by atoms with Gasteiger partial charge in [0.05, 0.1) is 0 Å². The molecule has 94 valence electrons. The summed E-state index contributed by atoms with van der Waals surface area (Å²) < 4.78 is 26.3. The maximum absolute atomic E-state index is 13.4. The van der Waals surface area contributed by atoms with Gasteiger partial charge in [-0.25, -0.2) is 8.78 Å². The van der Waals surface area contributed by atoms with Crippen LogP contribution >= 0.6 is 0 Å². The summed E-state index contributed by atoms with van der Waals surface area (Å²) in [5, 5.41) is 3.43. The molecule has 1 nitrogen and oxygen atoms in total. The Balaban J connectivity index is 1.79. The van der Waals surface area contributed by atoms with Crippen molar-refractivity contribution in [2.75, 3.05) is 6.54 Å². The van der Waals surface area contributed by atoms with Crippen molar-refractivity contribution in [2.45, 2.75) is 44.6 Å². The van der Waals surface area contributed by atoms with Crippen molar-refractivity contribution in [2.24, 2.45) is 0 Å². The minimum Gasteiger partial charge on any atom is -0.314 e. The fourth-order valence-electron chi connectivity index (χ4n) is 2.46. The van der Waals surface area contributed by atoms with E-state index in [-0.39, 0.29) is 0 Å². The molecule has 0 spiro atoms. The van der Waals surface area contributed by atoms with E-state index < -0.39 is 11.6 Å². The summed E-state index contributed by atoms with van der Waals surface area (Å²) in [6, 6.07) is 4.95. The second kappa shape index (κ2) is 6.10. The summed E-state index contributed by atoms with van der Waals surface area (Å²) >= 11 is 0. The molecule has 1 N–H and O–H groups in total. The molecule has 3 heteroatoms. The van der Waals surface area contributed by atoms with Gasteiger partial charge in [-0.05, 0) is 37.4 Å². The number of hydrogen-bond acceptors (Lipinski definition) is 1. The van der Waals surface area contributed by atoms with Gasteiger partial charge in [-0.3, -0.25) is 0 Å². The van der Waals surface area contributed by atoms with Crippen molar-refractivity contribution < 1.29 is 8.78 Å². The lowest BCUT2D eigenvalue weighted by Gasteiger charge is -2.22. The van der Waals surface area contributed by atoms with Crippen LogP contribution in [0.3, 0.4) is 0 Å². The Bertz CT molecular complexity index is 359. The van der Waals surface area contributed by atoms with E-state index in [1.165, 1.54) is 32.1 Å². The molecule has 0 atom stereocenters. The first-order valence-corrected chi connectivity index (χ1v) is 6.43. The van der Waals surface area contributed by atoms with Crippen LogP contribution in [-0.2, 0) is 6.42 Å². The van der Waals surface area contributed by atoms with Crippen LogP contribution in [-0.4, -0.2) is 12.6 Å². The predicted octanol–water partition coefficient (Wildman–Crippen LogP) is 3.43. The Kier molecular flexibility index (Phi) is 4.49. The van der Waals surface area contributed by atoms with E-state index in [4.69, 9.17) is 0 Å². The van der Waals surface area contributed by atoms with Gasteiger partial charge >= 0.3 is 0 Å². The fourth-order valence-corrected chi connectivity index (χ4v) is 2.46. The summed E-state index contributed by atoms with van der Waals surface area (Å²) in [4.78, 5) is 0. The number of rotatable bonds is 4. The molecule has 0 radical (unpaired) electrons. The minimum atomic E-state index is -0.750. The average Bonchev–Trinajstić information content (AvgIpc) is 2.36. The summed E-state index contributed by atoms with van der Waals surface area (Å²) in [5.74, 6) is -1.45. The monoisotopic (exact) mass is 239 g/mol. The molecule has 1 aliphatic carbocycles. The lowest BCUT2D eigenvalue weighted by atomic mass is 9.95. The Morgan fingerprint density at radius 2 is 1.88 bits per heavy atom. The van der Waals surface area contributed by atoms with Crippen LogP contribution in [0, 0.1) is 11.6 Å². The zero-order valence-electron chi connectivity index (χ0n) is 10.0. The van der Waals surface area contributed by atoms with Crippen LogP contribution in [0.2, 0.25) is 0 Å². The van der Waals surface area contributed by atoms with Gasteiger partial charge in [-0.15, -0.1) is 0 Å². The summed E-state index contributed by atoms with van der Waals surface area (Å²) in [6.45, 7) is 0.727. The van der Waals surface area contributed by atoms with E-state index in [9.17, 15) is 8.78 Å². The van der Waals surface area contributed by atoms with E-state index in [1.807, 2.05) is 0 Å². The molecule has 1 aromatic rings. The second-order valence-electron chi connectivity index (χ2n) is 4.75. The first-order chi connectivity index (χ1) is 8.27. The Morgan fingerprint density at radius 1 is 1.12 bits per heavy atom. The summed E-state index contributed by atoms with van der Waals surface area (Å²) in [7, 11) is 0. The van der Waals surface area contributed by atoms with Gasteiger partial charge in [0.2, 0.25) is 0 Å². The zero-order chi connectivity index (χ0) is 12.1. The van der Waals surface area contributed by atoms with Crippen molar-refractivity contribution in [3.05, 3.63) is 35.4 Å². The van der Waals surface area contributed by atoms with E-state index in [0.29, 0.717) is 18.0 Å². The molecule has 0 amide bonds. The Labute approximate surface area is 101 Å². The minimum absolute atomic E-state index is 0.466. The van der Waals surface area contributed by atoms with E-state index in [2.05, 4.69) is 5.32 Å². The van der Waals surface area contributed by atoms with Crippen molar-refractivity contribution in [3.63, 3.8) is 0 Å². The van der Waals surface area contributed by atoms with Gasteiger partial charge in [0.1, 0.15) is 0 Å². The third-order valence-electron chi connectivity index (χ3n) is 3.46. The standard InChI is InChI=1S/C14H19F2N/c15-13-8-4-5-11(14(13)16)9-10-17-12-6-2-1-3-7-12/h4-5,8,12,17H,1-3,6-7,9-10H2. The largest absolute Gasteiger partial charge is 0.314 e. The third-order valence-corrected chi connectivity index (χ3v) is 3.46. The SMILES string of the molecule is Fc1cccc(CCNC2CCCCC2)c1F. The van der Waals surface area contributed by atoms with Gasteiger partial charge in [0.25, 0.3) is 0 Å². The highest BCUT2D eigenvalue weighted by Crippen LogP contribution is 2.17. The highest BCUT2D eigenvalue weighted by Gasteiger charge is 2.13. The molecule has 17 heavy (non-hydrogen) atoms. The summed E-state index contributed by atoms with van der Waals surface area (Å²) in [5.41, 5.74) is 0.466. The highest BCUT2D eigenvalue weighted by atomic mass is 19.2. The number of hydrogen-bond donors (Lipinski definition) is 1. The molecule has 2 rings (SSSR count). The van der Waals surface area contributed by atoms with Crippen LogP contribution in [0.25, 0.3) is 0 Å². The van der Waals surface area contributed by atoms with Crippen molar-refractivity contribution in [3.8, 4) is 0 Å². The smallest absolute Gasteiger partial charge is 0.162 e. The van der Waals surface area contributed by atoms with Gasteiger partial charge in [0, 0.05) is 6.04 Å². The molecule has 0 saturated heterocycles. The molecule has 0 aromatic heterocycles. The van der Waals surface area contributed by atoms with Crippen LogP contribution in [0.4, 0.5) is 8.78 Å². The molecule has 1 saturated carbocycles. The van der Waals surface area contributed by atoms with Crippen molar-refractivity contribution in [1.29, 1.82) is 0 Å². The Hall–Kier alpha value is -0.960. The predicted molar refractivity (Wildman–Crippen MR) is 64.9 cm³/mol. The topological polar surface area (TPSA) is 12.0 Å². The zero-order valence-corrected chi connectivity index (χ0v) is 10.0. The lowest BCUT2D eigenvalue weighted by molar-refractivity contribution is 0.374. The molecule has 0 heterocycles. The van der Waals surface area contributed by atoms with Crippen LogP contribution < -0.4 is 5.32 Å². The highest BCUT2D eigenvalue weighted by molar-refractivity contribution is 5.19. The lowest BCUT2D eigenvalue weighted by Crippen LogP contribution is -2.32. The van der Waals surface area contributed by atoms with Crippen molar-refractivity contribution >= 4 is 0 Å².